The number of anilines is 1. The van der Waals surface area contributed by atoms with E-state index in [1.54, 1.807) is 32.2 Å². The Morgan fingerprint density at radius 1 is 1.19 bits per heavy atom. The molecule has 26 heavy (non-hydrogen) atoms. The molecular weight excluding hydrogens is 340 g/mol. The fourth-order valence-electron chi connectivity index (χ4n) is 2.59. The van der Waals surface area contributed by atoms with E-state index in [0.29, 0.717) is 28.4 Å². The fourth-order valence-corrected chi connectivity index (χ4v) is 2.59. The van der Waals surface area contributed by atoms with E-state index in [0.717, 1.165) is 17.7 Å². The number of aryl methyl sites for hydroxylation is 1. The lowest BCUT2D eigenvalue weighted by Crippen LogP contribution is -2.15. The standard InChI is InChI=1S/C19H17F2N3O2/c1-11-18(19(24-23-11)13-6-7-15(20)16(21)10-13)22-17(25)9-12-4-3-5-14(8-12)26-2/h3-8,10H,9H2,1-2H3,(H,22,25)(H,23,24). The molecule has 7 heteroatoms. The highest BCUT2D eigenvalue weighted by Gasteiger charge is 2.17. The number of aromatic nitrogens is 2. The molecule has 0 aliphatic heterocycles. The van der Waals surface area contributed by atoms with E-state index in [1.807, 2.05) is 6.07 Å². The Hall–Kier alpha value is -3.22. The molecule has 0 fully saturated rings. The van der Waals surface area contributed by atoms with Crippen molar-refractivity contribution < 1.29 is 18.3 Å². The van der Waals surface area contributed by atoms with Crippen LogP contribution in [0.15, 0.2) is 42.5 Å². The van der Waals surface area contributed by atoms with Gasteiger partial charge in [-0.2, -0.15) is 5.10 Å². The van der Waals surface area contributed by atoms with Crippen molar-refractivity contribution in [3.63, 3.8) is 0 Å². The van der Waals surface area contributed by atoms with E-state index in [2.05, 4.69) is 15.5 Å². The summed E-state index contributed by atoms with van der Waals surface area (Å²) in [5.41, 5.74) is 2.55. The number of halogens is 2. The van der Waals surface area contributed by atoms with Gasteiger partial charge in [-0.1, -0.05) is 12.1 Å². The summed E-state index contributed by atoms with van der Waals surface area (Å²) in [6.45, 7) is 1.73. The van der Waals surface area contributed by atoms with Gasteiger partial charge in [0.05, 0.1) is 24.9 Å². The summed E-state index contributed by atoms with van der Waals surface area (Å²) in [5.74, 6) is -1.51. The van der Waals surface area contributed by atoms with E-state index >= 15 is 0 Å². The number of amides is 1. The first-order chi connectivity index (χ1) is 12.5. The van der Waals surface area contributed by atoms with Crippen molar-refractivity contribution >= 4 is 11.6 Å². The largest absolute Gasteiger partial charge is 0.497 e. The van der Waals surface area contributed by atoms with Gasteiger partial charge in [0, 0.05) is 5.56 Å². The molecule has 0 atom stereocenters. The van der Waals surface area contributed by atoms with Crippen LogP contribution in [0.3, 0.4) is 0 Å². The molecule has 1 aromatic heterocycles. The van der Waals surface area contributed by atoms with Crippen molar-refractivity contribution in [3.05, 3.63) is 65.4 Å². The average Bonchev–Trinajstić information content (AvgIpc) is 2.98. The molecule has 0 saturated carbocycles. The Balaban J connectivity index is 1.82. The molecule has 0 unspecified atom stereocenters. The summed E-state index contributed by atoms with van der Waals surface area (Å²) in [4.78, 5) is 12.4. The first kappa shape index (κ1) is 17.6. The zero-order valence-electron chi connectivity index (χ0n) is 14.3. The maximum absolute atomic E-state index is 13.5. The highest BCUT2D eigenvalue weighted by atomic mass is 19.2. The van der Waals surface area contributed by atoms with Gasteiger partial charge >= 0.3 is 0 Å². The molecule has 0 aliphatic carbocycles. The number of ether oxygens (including phenoxy) is 1. The zero-order chi connectivity index (χ0) is 18.7. The molecule has 1 heterocycles. The van der Waals surface area contributed by atoms with Crippen LogP contribution in [0, 0.1) is 18.6 Å². The summed E-state index contributed by atoms with van der Waals surface area (Å²) >= 11 is 0. The quantitative estimate of drug-likeness (QED) is 0.729. The third-order valence-electron chi connectivity index (χ3n) is 3.90. The van der Waals surface area contributed by atoms with Gasteiger partial charge in [-0.25, -0.2) is 8.78 Å². The molecule has 0 saturated heterocycles. The minimum atomic E-state index is -0.975. The van der Waals surface area contributed by atoms with Crippen LogP contribution in [-0.4, -0.2) is 23.2 Å². The lowest BCUT2D eigenvalue weighted by Gasteiger charge is -2.08. The number of benzene rings is 2. The molecule has 2 N–H and O–H groups in total. The number of methoxy groups -OCH3 is 1. The van der Waals surface area contributed by atoms with Crippen LogP contribution in [-0.2, 0) is 11.2 Å². The lowest BCUT2D eigenvalue weighted by atomic mass is 10.1. The van der Waals surface area contributed by atoms with Crippen LogP contribution in [0.2, 0.25) is 0 Å². The van der Waals surface area contributed by atoms with Crippen molar-refractivity contribution in [2.45, 2.75) is 13.3 Å². The summed E-state index contributed by atoms with van der Waals surface area (Å²) in [6, 6.07) is 10.7. The van der Waals surface area contributed by atoms with Gasteiger partial charge in [0.2, 0.25) is 5.91 Å². The zero-order valence-corrected chi connectivity index (χ0v) is 14.3. The first-order valence-electron chi connectivity index (χ1n) is 7.91. The minimum Gasteiger partial charge on any atom is -0.497 e. The molecule has 134 valence electrons. The number of hydrogen-bond donors (Lipinski definition) is 2. The van der Waals surface area contributed by atoms with Gasteiger partial charge in [-0.3, -0.25) is 9.89 Å². The molecule has 0 radical (unpaired) electrons. The second kappa shape index (κ2) is 7.35. The number of rotatable bonds is 5. The first-order valence-corrected chi connectivity index (χ1v) is 7.91. The molecule has 2 aromatic carbocycles. The third-order valence-corrected chi connectivity index (χ3v) is 3.90. The Morgan fingerprint density at radius 3 is 2.73 bits per heavy atom. The Kier molecular flexibility index (Phi) is 4.97. The van der Waals surface area contributed by atoms with Gasteiger partial charge in [0.15, 0.2) is 11.6 Å². The molecule has 0 aliphatic rings. The molecule has 5 nitrogen and oxygen atoms in total. The molecule has 1 amide bonds. The smallest absolute Gasteiger partial charge is 0.228 e. The monoisotopic (exact) mass is 357 g/mol. The molecule has 3 rings (SSSR count). The number of nitrogens with zero attached hydrogens (tertiary/aromatic N) is 1. The Labute approximate surface area is 149 Å². The van der Waals surface area contributed by atoms with Crippen LogP contribution < -0.4 is 10.1 Å². The van der Waals surface area contributed by atoms with Gasteiger partial charge in [0.25, 0.3) is 0 Å². The molecule has 3 aromatic rings. The number of carbonyl (C=O) groups excluding carboxylic acids is 1. The van der Waals surface area contributed by atoms with Crippen molar-refractivity contribution in [2.75, 3.05) is 12.4 Å². The van der Waals surface area contributed by atoms with Crippen LogP contribution in [0.4, 0.5) is 14.5 Å². The van der Waals surface area contributed by atoms with Gasteiger partial charge in [-0.15, -0.1) is 0 Å². The Morgan fingerprint density at radius 2 is 2.00 bits per heavy atom. The number of H-pyrrole nitrogens is 1. The van der Waals surface area contributed by atoms with Crippen molar-refractivity contribution in [3.8, 4) is 17.0 Å². The van der Waals surface area contributed by atoms with Crippen LogP contribution in [0.5, 0.6) is 5.75 Å². The number of hydrogen-bond acceptors (Lipinski definition) is 3. The van der Waals surface area contributed by atoms with E-state index in [1.165, 1.54) is 6.07 Å². The summed E-state index contributed by atoms with van der Waals surface area (Å²) in [5, 5.41) is 9.64. The molecular formula is C19H17F2N3O2. The van der Waals surface area contributed by atoms with Crippen molar-refractivity contribution in [2.24, 2.45) is 0 Å². The van der Waals surface area contributed by atoms with E-state index in [9.17, 15) is 13.6 Å². The average molecular weight is 357 g/mol. The Bertz CT molecular complexity index is 954. The highest BCUT2D eigenvalue weighted by molar-refractivity contribution is 5.96. The molecule has 0 spiro atoms. The minimum absolute atomic E-state index is 0.138. The summed E-state index contributed by atoms with van der Waals surface area (Å²) in [6.07, 6.45) is 0.138. The summed E-state index contributed by atoms with van der Waals surface area (Å²) < 4.78 is 31.8. The topological polar surface area (TPSA) is 67.0 Å². The second-order valence-electron chi connectivity index (χ2n) is 5.78. The SMILES string of the molecule is COc1cccc(CC(=O)Nc2c(-c3ccc(F)c(F)c3)n[nH]c2C)c1. The lowest BCUT2D eigenvalue weighted by molar-refractivity contribution is -0.115. The fraction of sp³-hybridized carbons (Fsp3) is 0.158. The van der Waals surface area contributed by atoms with Crippen molar-refractivity contribution in [1.29, 1.82) is 0 Å². The predicted molar refractivity (Wildman–Crippen MR) is 94.0 cm³/mol. The van der Waals surface area contributed by atoms with E-state index in [4.69, 9.17) is 4.74 Å². The van der Waals surface area contributed by atoms with E-state index in [-0.39, 0.29) is 12.3 Å². The normalized spacial score (nSPS) is 10.6. The van der Waals surface area contributed by atoms with Gasteiger partial charge in [-0.05, 0) is 42.8 Å². The van der Waals surface area contributed by atoms with Gasteiger partial charge < -0.3 is 10.1 Å². The second-order valence-corrected chi connectivity index (χ2v) is 5.78. The van der Waals surface area contributed by atoms with Crippen molar-refractivity contribution in [1.82, 2.24) is 10.2 Å². The number of aromatic amines is 1. The number of nitrogens with one attached hydrogen (secondary N) is 2. The summed E-state index contributed by atoms with van der Waals surface area (Å²) in [7, 11) is 1.56. The van der Waals surface area contributed by atoms with Gasteiger partial charge in [0.1, 0.15) is 11.4 Å². The highest BCUT2D eigenvalue weighted by Crippen LogP contribution is 2.29. The third kappa shape index (κ3) is 3.72. The van der Waals surface area contributed by atoms with Crippen LogP contribution >= 0.6 is 0 Å². The maximum atomic E-state index is 13.5. The van der Waals surface area contributed by atoms with Crippen LogP contribution in [0.1, 0.15) is 11.3 Å². The predicted octanol–water partition coefficient (Wildman–Crippen LogP) is 3.85. The van der Waals surface area contributed by atoms with E-state index < -0.39 is 11.6 Å². The number of carbonyl (C=O) groups is 1. The molecule has 0 bridgehead atoms. The maximum Gasteiger partial charge on any atom is 0.228 e. The van der Waals surface area contributed by atoms with Crippen LogP contribution in [0.25, 0.3) is 11.3 Å².